The molecular weight excluding hydrogens is 224 g/mol. The maximum absolute atomic E-state index is 12.2. The third-order valence-corrected chi connectivity index (χ3v) is 3.43. The van der Waals surface area contributed by atoms with Crippen LogP contribution in [-0.4, -0.2) is 5.91 Å². The maximum atomic E-state index is 12.2. The third-order valence-electron chi connectivity index (χ3n) is 3.43. The van der Waals surface area contributed by atoms with Crippen molar-refractivity contribution in [2.45, 2.75) is 40.5 Å². The first kappa shape index (κ1) is 14.2. The summed E-state index contributed by atoms with van der Waals surface area (Å²) in [6.45, 7) is 7.53. The fourth-order valence-electron chi connectivity index (χ4n) is 1.74. The number of hydrogen-bond acceptors (Lipinski definition) is 2. The number of nitrogens with zero attached hydrogens (tertiary/aromatic N) is 1. The topological polar surface area (TPSA) is 52.9 Å². The Labute approximate surface area is 109 Å². The molecule has 1 rings (SSSR count). The maximum Gasteiger partial charge on any atom is 0.244 e. The van der Waals surface area contributed by atoms with Crippen molar-refractivity contribution in [1.29, 1.82) is 5.26 Å². The number of aryl methyl sites for hydroxylation is 2. The first-order valence-corrected chi connectivity index (χ1v) is 6.29. The molecule has 1 atom stereocenters. The molecule has 0 aliphatic heterocycles. The van der Waals surface area contributed by atoms with Gasteiger partial charge >= 0.3 is 0 Å². The largest absolute Gasteiger partial charge is 0.324 e. The summed E-state index contributed by atoms with van der Waals surface area (Å²) in [7, 11) is 0. The normalized spacial score (nSPS) is 13.5. The molecule has 3 heteroatoms. The highest BCUT2D eigenvalue weighted by Crippen LogP contribution is 2.26. The second kappa shape index (κ2) is 5.68. The van der Waals surface area contributed by atoms with Crippen LogP contribution in [0.2, 0.25) is 0 Å². The molecular formula is C15H20N2O. The molecule has 0 aliphatic rings. The van der Waals surface area contributed by atoms with Gasteiger partial charge in [-0.25, -0.2) is 0 Å². The van der Waals surface area contributed by atoms with E-state index in [9.17, 15) is 4.79 Å². The highest BCUT2D eigenvalue weighted by Gasteiger charge is 2.31. The minimum atomic E-state index is -0.965. The van der Waals surface area contributed by atoms with Gasteiger partial charge in [0.2, 0.25) is 5.91 Å². The predicted molar refractivity (Wildman–Crippen MR) is 73.2 cm³/mol. The quantitative estimate of drug-likeness (QED) is 0.882. The highest BCUT2D eigenvalue weighted by molar-refractivity contribution is 5.98. The molecule has 1 aromatic carbocycles. The molecule has 0 aromatic heterocycles. The Kier molecular flexibility index (Phi) is 4.49. The van der Waals surface area contributed by atoms with Crippen molar-refractivity contribution >= 4 is 11.6 Å². The van der Waals surface area contributed by atoms with Crippen LogP contribution in [0.1, 0.15) is 38.3 Å². The number of para-hydroxylation sites is 1. The number of benzene rings is 1. The fourth-order valence-corrected chi connectivity index (χ4v) is 1.74. The van der Waals surface area contributed by atoms with E-state index in [1.165, 1.54) is 0 Å². The monoisotopic (exact) mass is 244 g/mol. The van der Waals surface area contributed by atoms with Gasteiger partial charge in [0.25, 0.3) is 0 Å². The standard InChI is InChI=1S/C15H20N2O/c1-5-12-9-7-8-11(3)13(12)17-14(18)15(4,6-2)10-16/h7-9H,5-6H2,1-4H3,(H,17,18). The molecule has 0 bridgehead atoms. The van der Waals surface area contributed by atoms with Crippen molar-refractivity contribution in [3.8, 4) is 6.07 Å². The molecule has 3 nitrogen and oxygen atoms in total. The Hall–Kier alpha value is -1.82. The fraction of sp³-hybridized carbons (Fsp3) is 0.467. The van der Waals surface area contributed by atoms with E-state index in [0.29, 0.717) is 6.42 Å². The minimum Gasteiger partial charge on any atom is -0.324 e. The van der Waals surface area contributed by atoms with E-state index in [1.807, 2.05) is 39.0 Å². The van der Waals surface area contributed by atoms with Crippen LogP contribution in [0.15, 0.2) is 18.2 Å². The summed E-state index contributed by atoms with van der Waals surface area (Å²) in [6.07, 6.45) is 1.36. The van der Waals surface area contributed by atoms with E-state index < -0.39 is 5.41 Å². The zero-order valence-electron chi connectivity index (χ0n) is 11.5. The second-order valence-corrected chi connectivity index (χ2v) is 4.71. The number of hydrogen-bond donors (Lipinski definition) is 1. The summed E-state index contributed by atoms with van der Waals surface area (Å²) in [5.41, 5.74) is 2.01. The molecule has 0 saturated carbocycles. The summed E-state index contributed by atoms with van der Waals surface area (Å²) in [6, 6.07) is 8.03. The molecule has 1 N–H and O–H groups in total. The zero-order chi connectivity index (χ0) is 13.8. The van der Waals surface area contributed by atoms with Crippen LogP contribution in [0.3, 0.4) is 0 Å². The van der Waals surface area contributed by atoms with Crippen molar-refractivity contribution in [2.24, 2.45) is 5.41 Å². The number of nitrogens with one attached hydrogen (secondary N) is 1. The van der Waals surface area contributed by atoms with Gasteiger partial charge in [0, 0.05) is 5.69 Å². The summed E-state index contributed by atoms with van der Waals surface area (Å²) < 4.78 is 0. The molecule has 0 spiro atoms. The van der Waals surface area contributed by atoms with Gasteiger partial charge in [0.05, 0.1) is 6.07 Å². The lowest BCUT2D eigenvalue weighted by molar-refractivity contribution is -0.122. The molecule has 0 saturated heterocycles. The number of carbonyl (C=O) groups excluding carboxylic acids is 1. The first-order chi connectivity index (χ1) is 8.48. The number of carbonyl (C=O) groups is 1. The molecule has 1 aromatic rings. The molecule has 0 radical (unpaired) electrons. The van der Waals surface area contributed by atoms with Gasteiger partial charge in [-0.1, -0.05) is 32.0 Å². The zero-order valence-corrected chi connectivity index (χ0v) is 11.5. The van der Waals surface area contributed by atoms with E-state index in [4.69, 9.17) is 5.26 Å². The van der Waals surface area contributed by atoms with Crippen LogP contribution in [0.25, 0.3) is 0 Å². The van der Waals surface area contributed by atoms with Crippen LogP contribution < -0.4 is 5.32 Å². The average molecular weight is 244 g/mol. The van der Waals surface area contributed by atoms with Gasteiger partial charge in [0.15, 0.2) is 0 Å². The minimum absolute atomic E-state index is 0.225. The summed E-state index contributed by atoms with van der Waals surface area (Å²) in [5, 5.41) is 12.0. The Morgan fingerprint density at radius 1 is 1.44 bits per heavy atom. The number of anilines is 1. The number of rotatable bonds is 4. The van der Waals surface area contributed by atoms with Crippen molar-refractivity contribution in [2.75, 3.05) is 5.32 Å². The third kappa shape index (κ3) is 2.70. The van der Waals surface area contributed by atoms with Crippen LogP contribution in [0, 0.1) is 23.7 Å². The lowest BCUT2D eigenvalue weighted by atomic mass is 9.88. The lowest BCUT2D eigenvalue weighted by Crippen LogP contribution is -2.32. The summed E-state index contributed by atoms with van der Waals surface area (Å²) in [4.78, 5) is 12.2. The van der Waals surface area contributed by atoms with E-state index in [2.05, 4.69) is 11.4 Å². The van der Waals surface area contributed by atoms with Gasteiger partial charge in [-0.15, -0.1) is 0 Å². The second-order valence-electron chi connectivity index (χ2n) is 4.71. The molecule has 96 valence electrons. The van der Waals surface area contributed by atoms with Crippen molar-refractivity contribution < 1.29 is 4.79 Å². The Balaban J connectivity index is 3.06. The van der Waals surface area contributed by atoms with Crippen molar-refractivity contribution in [1.82, 2.24) is 0 Å². The van der Waals surface area contributed by atoms with E-state index in [1.54, 1.807) is 6.92 Å². The van der Waals surface area contributed by atoms with Crippen LogP contribution in [0.5, 0.6) is 0 Å². The first-order valence-electron chi connectivity index (χ1n) is 6.29. The van der Waals surface area contributed by atoms with E-state index in [-0.39, 0.29) is 5.91 Å². The SMILES string of the molecule is CCc1cccc(C)c1NC(=O)C(C)(C#N)CC. The molecule has 0 heterocycles. The number of nitriles is 1. The van der Waals surface area contributed by atoms with E-state index in [0.717, 1.165) is 23.2 Å². The Bertz CT molecular complexity index is 488. The summed E-state index contributed by atoms with van der Waals surface area (Å²) >= 11 is 0. The highest BCUT2D eigenvalue weighted by atomic mass is 16.2. The van der Waals surface area contributed by atoms with Gasteiger partial charge in [-0.05, 0) is 37.8 Å². The van der Waals surface area contributed by atoms with Gasteiger partial charge in [-0.3, -0.25) is 4.79 Å². The molecule has 1 amide bonds. The van der Waals surface area contributed by atoms with Crippen molar-refractivity contribution in [3.05, 3.63) is 29.3 Å². The number of amides is 1. The summed E-state index contributed by atoms with van der Waals surface area (Å²) in [5.74, 6) is -0.225. The van der Waals surface area contributed by atoms with Gasteiger partial charge in [-0.2, -0.15) is 5.26 Å². The lowest BCUT2D eigenvalue weighted by Gasteiger charge is -2.21. The van der Waals surface area contributed by atoms with Gasteiger partial charge in [0.1, 0.15) is 5.41 Å². The Morgan fingerprint density at radius 2 is 2.11 bits per heavy atom. The van der Waals surface area contributed by atoms with Crippen LogP contribution in [-0.2, 0) is 11.2 Å². The Morgan fingerprint density at radius 3 is 2.61 bits per heavy atom. The molecule has 0 aliphatic carbocycles. The van der Waals surface area contributed by atoms with Crippen LogP contribution >= 0.6 is 0 Å². The predicted octanol–water partition coefficient (Wildman–Crippen LogP) is 3.44. The molecule has 18 heavy (non-hydrogen) atoms. The smallest absolute Gasteiger partial charge is 0.244 e. The van der Waals surface area contributed by atoms with Gasteiger partial charge < -0.3 is 5.32 Å². The average Bonchev–Trinajstić information content (AvgIpc) is 2.39. The van der Waals surface area contributed by atoms with Crippen molar-refractivity contribution in [3.63, 3.8) is 0 Å². The molecule has 1 unspecified atom stereocenters. The van der Waals surface area contributed by atoms with E-state index >= 15 is 0 Å². The van der Waals surface area contributed by atoms with Crippen LogP contribution in [0.4, 0.5) is 5.69 Å². The molecule has 0 fully saturated rings.